The van der Waals surface area contributed by atoms with Crippen LogP contribution in [0.5, 0.6) is 0 Å². The molecule has 5 heteroatoms. The Morgan fingerprint density at radius 2 is 1.27 bits per heavy atom. The third-order valence-corrected chi connectivity index (χ3v) is 3.34. The average Bonchev–Trinajstić information content (AvgIpc) is 2.71. The van der Waals surface area contributed by atoms with Gasteiger partial charge in [-0.3, -0.25) is 0 Å². The van der Waals surface area contributed by atoms with Gasteiger partial charge in [0.2, 0.25) is 0 Å². The molecule has 0 aromatic heterocycles. The van der Waals surface area contributed by atoms with Crippen LogP contribution in [0.15, 0.2) is 0 Å². The third-order valence-electron chi connectivity index (χ3n) is 3.34. The number of hydrogen-bond donors (Lipinski definition) is 0. The lowest BCUT2D eigenvalue weighted by Crippen LogP contribution is -2.42. The molecule has 0 amide bonds. The fourth-order valence-corrected chi connectivity index (χ4v) is 2.55. The van der Waals surface area contributed by atoms with Crippen LogP contribution >= 0.6 is 0 Å². The summed E-state index contributed by atoms with van der Waals surface area (Å²) in [7, 11) is 0. The molecule has 5 nitrogen and oxygen atoms in total. The normalized spacial score (nSPS) is 29.2. The van der Waals surface area contributed by atoms with Crippen LogP contribution < -0.4 is 0 Å². The van der Waals surface area contributed by atoms with Crippen LogP contribution in [-0.2, 0) is 23.7 Å². The lowest BCUT2D eigenvalue weighted by atomic mass is 10.1. The van der Waals surface area contributed by atoms with E-state index in [1.807, 2.05) is 48.5 Å². The van der Waals surface area contributed by atoms with Crippen LogP contribution in [0.3, 0.4) is 0 Å². The molecular formula is C17H34O5. The van der Waals surface area contributed by atoms with Crippen molar-refractivity contribution in [3.8, 4) is 0 Å². The van der Waals surface area contributed by atoms with Crippen LogP contribution in [0.2, 0.25) is 0 Å². The predicted molar refractivity (Wildman–Crippen MR) is 86.3 cm³/mol. The first-order valence-corrected chi connectivity index (χ1v) is 8.50. The topological polar surface area (TPSA) is 46.2 Å². The fraction of sp³-hybridized carbons (Fsp3) is 1.00. The molecule has 4 atom stereocenters. The van der Waals surface area contributed by atoms with Crippen molar-refractivity contribution >= 4 is 0 Å². The van der Waals surface area contributed by atoms with Crippen molar-refractivity contribution in [2.24, 2.45) is 0 Å². The summed E-state index contributed by atoms with van der Waals surface area (Å²) in [5, 5.41) is 0. The van der Waals surface area contributed by atoms with E-state index in [4.69, 9.17) is 23.7 Å². The fourth-order valence-electron chi connectivity index (χ4n) is 2.55. The van der Waals surface area contributed by atoms with Crippen molar-refractivity contribution in [2.75, 3.05) is 19.8 Å². The van der Waals surface area contributed by atoms with E-state index in [0.717, 1.165) is 0 Å². The molecule has 1 heterocycles. The van der Waals surface area contributed by atoms with E-state index in [-0.39, 0.29) is 42.7 Å². The van der Waals surface area contributed by atoms with Crippen molar-refractivity contribution in [2.45, 2.75) is 91.2 Å². The second kappa shape index (κ2) is 9.83. The van der Waals surface area contributed by atoms with Gasteiger partial charge in [-0.05, 0) is 48.5 Å². The molecule has 0 N–H and O–H groups in total. The van der Waals surface area contributed by atoms with E-state index in [1.165, 1.54) is 0 Å². The molecule has 0 spiro atoms. The maximum Gasteiger partial charge on any atom is 0.115 e. The lowest BCUT2D eigenvalue weighted by molar-refractivity contribution is -0.114. The number of ether oxygens (including phenoxy) is 5. The van der Waals surface area contributed by atoms with Crippen LogP contribution in [0, 0.1) is 0 Å². The highest BCUT2D eigenvalue weighted by Gasteiger charge is 2.47. The van der Waals surface area contributed by atoms with E-state index in [1.54, 1.807) is 0 Å². The summed E-state index contributed by atoms with van der Waals surface area (Å²) in [5.41, 5.74) is 0. The van der Waals surface area contributed by atoms with Crippen LogP contribution in [0.4, 0.5) is 0 Å². The quantitative estimate of drug-likeness (QED) is 0.620. The second-order valence-corrected chi connectivity index (χ2v) is 6.55. The van der Waals surface area contributed by atoms with Gasteiger partial charge in [-0.1, -0.05) is 0 Å². The zero-order valence-electron chi connectivity index (χ0n) is 15.2. The van der Waals surface area contributed by atoms with E-state index in [9.17, 15) is 0 Å². The molecule has 0 saturated carbocycles. The Kier molecular flexibility index (Phi) is 8.87. The van der Waals surface area contributed by atoms with Gasteiger partial charge in [0, 0.05) is 6.61 Å². The lowest BCUT2D eigenvalue weighted by Gasteiger charge is -2.28. The monoisotopic (exact) mass is 318 g/mol. The Balaban J connectivity index is 2.80. The van der Waals surface area contributed by atoms with Crippen LogP contribution in [-0.4, -0.2) is 62.5 Å². The molecule has 22 heavy (non-hydrogen) atoms. The van der Waals surface area contributed by atoms with Gasteiger partial charge in [0.1, 0.15) is 24.4 Å². The zero-order chi connectivity index (χ0) is 16.7. The van der Waals surface area contributed by atoms with E-state index >= 15 is 0 Å². The van der Waals surface area contributed by atoms with Crippen molar-refractivity contribution in [3.63, 3.8) is 0 Å². The number of rotatable bonds is 10. The first-order chi connectivity index (χ1) is 10.3. The smallest absolute Gasteiger partial charge is 0.115 e. The van der Waals surface area contributed by atoms with Gasteiger partial charge in [0.25, 0.3) is 0 Å². The summed E-state index contributed by atoms with van der Waals surface area (Å²) in [6.45, 7) is 15.8. The minimum Gasteiger partial charge on any atom is -0.379 e. The van der Waals surface area contributed by atoms with Crippen molar-refractivity contribution in [1.29, 1.82) is 0 Å². The first-order valence-electron chi connectivity index (χ1n) is 8.50. The Labute approximate surface area is 135 Å². The van der Waals surface area contributed by atoms with E-state index < -0.39 is 0 Å². The van der Waals surface area contributed by atoms with Crippen molar-refractivity contribution < 1.29 is 23.7 Å². The highest BCUT2D eigenvalue weighted by atomic mass is 16.6. The molecule has 132 valence electrons. The summed E-state index contributed by atoms with van der Waals surface area (Å²) in [6.07, 6.45) is -0.120. The Morgan fingerprint density at radius 3 is 1.68 bits per heavy atom. The number of hydrogen-bond acceptors (Lipinski definition) is 5. The van der Waals surface area contributed by atoms with Gasteiger partial charge in [-0.25, -0.2) is 0 Å². The Bertz CT molecular complexity index is 293. The summed E-state index contributed by atoms with van der Waals surface area (Å²) < 4.78 is 29.6. The Hall–Kier alpha value is -0.200. The zero-order valence-corrected chi connectivity index (χ0v) is 15.2. The standard InChI is InChI=1S/C17H34O5/c1-8-18-9-14-16(20-12(4)5)17(21-13(6)7)15(22-14)10-19-11(2)3/h11-17H,8-10H2,1-7H3. The molecule has 1 saturated heterocycles. The average molecular weight is 318 g/mol. The summed E-state index contributed by atoms with van der Waals surface area (Å²) in [6, 6.07) is 0. The molecule has 4 unspecified atom stereocenters. The molecule has 0 aromatic rings. The molecule has 0 aliphatic carbocycles. The highest BCUT2D eigenvalue weighted by molar-refractivity contribution is 4.94. The molecule has 0 bridgehead atoms. The van der Waals surface area contributed by atoms with Gasteiger partial charge in [0.15, 0.2) is 0 Å². The first kappa shape index (κ1) is 19.8. The molecule has 1 aliphatic rings. The van der Waals surface area contributed by atoms with Crippen molar-refractivity contribution in [3.05, 3.63) is 0 Å². The SMILES string of the molecule is CCOCC1OC(COC(C)C)C(OC(C)C)C1OC(C)C. The third kappa shape index (κ3) is 6.50. The second-order valence-electron chi connectivity index (χ2n) is 6.55. The molecule has 1 rings (SSSR count). The van der Waals surface area contributed by atoms with Gasteiger partial charge in [-0.15, -0.1) is 0 Å². The Morgan fingerprint density at radius 1 is 0.773 bits per heavy atom. The highest BCUT2D eigenvalue weighted by Crippen LogP contribution is 2.29. The van der Waals surface area contributed by atoms with Gasteiger partial charge in [0.05, 0.1) is 31.5 Å². The van der Waals surface area contributed by atoms with Gasteiger partial charge in [-0.2, -0.15) is 0 Å². The van der Waals surface area contributed by atoms with Crippen molar-refractivity contribution in [1.82, 2.24) is 0 Å². The minimum absolute atomic E-state index is 0.110. The molecule has 0 aromatic carbocycles. The minimum atomic E-state index is -0.133. The molecule has 1 fully saturated rings. The summed E-state index contributed by atoms with van der Waals surface area (Å²) in [4.78, 5) is 0. The summed E-state index contributed by atoms with van der Waals surface area (Å²) in [5.74, 6) is 0. The van der Waals surface area contributed by atoms with Gasteiger partial charge >= 0.3 is 0 Å². The van der Waals surface area contributed by atoms with E-state index in [0.29, 0.717) is 19.8 Å². The molecular weight excluding hydrogens is 284 g/mol. The maximum absolute atomic E-state index is 6.14. The maximum atomic E-state index is 6.14. The van der Waals surface area contributed by atoms with Gasteiger partial charge < -0.3 is 23.7 Å². The van der Waals surface area contributed by atoms with Crippen LogP contribution in [0.25, 0.3) is 0 Å². The molecule has 1 aliphatic heterocycles. The molecule has 0 radical (unpaired) electrons. The van der Waals surface area contributed by atoms with E-state index in [2.05, 4.69) is 0 Å². The van der Waals surface area contributed by atoms with Crippen LogP contribution in [0.1, 0.15) is 48.5 Å². The predicted octanol–water partition coefficient (Wildman–Crippen LogP) is 2.80. The largest absolute Gasteiger partial charge is 0.379 e. The summed E-state index contributed by atoms with van der Waals surface area (Å²) >= 11 is 0.